The maximum Gasteiger partial charge on any atom is 0.246 e. The minimum atomic E-state index is -2.88. The fourth-order valence-corrected chi connectivity index (χ4v) is 5.02. The second-order valence-electron chi connectivity index (χ2n) is 6.31. The van der Waals surface area contributed by atoms with Crippen molar-refractivity contribution in [3.8, 4) is 0 Å². The van der Waals surface area contributed by atoms with Gasteiger partial charge in [-0.2, -0.15) is 0 Å². The number of halogens is 1. The van der Waals surface area contributed by atoms with E-state index < -0.39 is 9.84 Å². The van der Waals surface area contributed by atoms with Crippen molar-refractivity contribution in [1.29, 1.82) is 0 Å². The second kappa shape index (κ2) is 7.03. The van der Waals surface area contributed by atoms with E-state index in [9.17, 15) is 17.6 Å². The first-order valence-electron chi connectivity index (χ1n) is 8.10. The normalized spacial score (nSPS) is 24.5. The van der Waals surface area contributed by atoms with Gasteiger partial charge in [-0.25, -0.2) is 12.8 Å². The largest absolute Gasteiger partial charge is 0.337 e. The van der Waals surface area contributed by atoms with Gasteiger partial charge >= 0.3 is 0 Å². The lowest BCUT2D eigenvalue weighted by Crippen LogP contribution is -2.52. The summed E-state index contributed by atoms with van der Waals surface area (Å²) >= 11 is 0. The van der Waals surface area contributed by atoms with Crippen LogP contribution in [0.25, 0.3) is 6.08 Å². The molecule has 2 aliphatic rings. The first-order valence-corrected chi connectivity index (χ1v) is 9.92. The molecular weight excluding hydrogens is 331 g/mol. The number of hydrogen-bond donors (Lipinski definition) is 0. The van der Waals surface area contributed by atoms with Gasteiger partial charge in [0.1, 0.15) is 5.82 Å². The highest BCUT2D eigenvalue weighted by atomic mass is 32.2. The Kier molecular flexibility index (Phi) is 5.01. The van der Waals surface area contributed by atoms with E-state index in [0.717, 1.165) is 0 Å². The van der Waals surface area contributed by atoms with E-state index in [2.05, 4.69) is 4.90 Å². The van der Waals surface area contributed by atoms with Crippen LogP contribution in [0.1, 0.15) is 12.0 Å². The summed E-state index contributed by atoms with van der Waals surface area (Å²) in [6, 6.07) is 6.18. The number of piperazine rings is 1. The van der Waals surface area contributed by atoms with E-state index >= 15 is 0 Å². The summed E-state index contributed by atoms with van der Waals surface area (Å²) in [5.74, 6) is 0.0795. The molecule has 2 fully saturated rings. The number of hydrogen-bond acceptors (Lipinski definition) is 4. The van der Waals surface area contributed by atoms with Crippen molar-refractivity contribution in [2.45, 2.75) is 12.5 Å². The molecule has 0 bridgehead atoms. The Morgan fingerprint density at radius 1 is 1.21 bits per heavy atom. The van der Waals surface area contributed by atoms with Crippen LogP contribution in [-0.4, -0.2) is 67.9 Å². The molecule has 3 rings (SSSR count). The Hall–Kier alpha value is -1.73. The molecule has 7 heteroatoms. The molecule has 0 unspecified atom stereocenters. The predicted molar refractivity (Wildman–Crippen MR) is 90.6 cm³/mol. The molecule has 0 spiro atoms. The van der Waals surface area contributed by atoms with Crippen molar-refractivity contribution >= 4 is 21.8 Å². The van der Waals surface area contributed by atoms with Gasteiger partial charge in [-0.05, 0) is 30.2 Å². The van der Waals surface area contributed by atoms with Gasteiger partial charge in [0.15, 0.2) is 9.84 Å². The molecule has 0 saturated carbocycles. The number of rotatable bonds is 3. The number of benzene rings is 1. The fraction of sp³-hybridized carbons (Fsp3) is 0.471. The lowest BCUT2D eigenvalue weighted by atomic mass is 10.2. The summed E-state index contributed by atoms with van der Waals surface area (Å²) < 4.78 is 36.3. The van der Waals surface area contributed by atoms with Crippen molar-refractivity contribution in [1.82, 2.24) is 9.80 Å². The summed E-state index contributed by atoms with van der Waals surface area (Å²) in [5.41, 5.74) is 0.651. The average molecular weight is 352 g/mol. The van der Waals surface area contributed by atoms with E-state index in [0.29, 0.717) is 38.2 Å². The summed E-state index contributed by atoms with van der Waals surface area (Å²) in [6.45, 7) is 2.56. The zero-order valence-electron chi connectivity index (χ0n) is 13.4. The van der Waals surface area contributed by atoms with Crippen LogP contribution in [-0.2, 0) is 14.6 Å². The Balaban J connectivity index is 1.52. The molecule has 1 amide bonds. The maximum atomic E-state index is 13.1. The quantitative estimate of drug-likeness (QED) is 0.767. The summed E-state index contributed by atoms with van der Waals surface area (Å²) in [6.07, 6.45) is 3.77. The van der Waals surface area contributed by atoms with Crippen LogP contribution in [0.3, 0.4) is 0 Å². The minimum absolute atomic E-state index is 0.0927. The molecule has 0 aliphatic carbocycles. The van der Waals surface area contributed by atoms with Crippen LogP contribution in [0.2, 0.25) is 0 Å². The molecule has 2 heterocycles. The molecule has 24 heavy (non-hydrogen) atoms. The SMILES string of the molecule is O=C(/C=C/c1cccc(F)c1)N1CCN([C@H]2CCS(=O)(=O)C2)CC1. The number of sulfone groups is 1. The van der Waals surface area contributed by atoms with Crippen molar-refractivity contribution in [3.63, 3.8) is 0 Å². The second-order valence-corrected chi connectivity index (χ2v) is 8.54. The summed E-state index contributed by atoms with van der Waals surface area (Å²) in [4.78, 5) is 16.1. The Bertz CT molecular complexity index is 740. The van der Waals surface area contributed by atoms with Gasteiger partial charge in [0.25, 0.3) is 0 Å². The lowest BCUT2D eigenvalue weighted by molar-refractivity contribution is -0.127. The standard InChI is InChI=1S/C17H21FN2O3S/c18-15-3-1-2-14(12-15)4-5-17(21)20-9-7-19(8-10-20)16-6-11-24(22,23)13-16/h1-5,12,16H,6-11,13H2/b5-4+/t16-/m0/s1. The average Bonchev–Trinajstić information content (AvgIpc) is 2.93. The van der Waals surface area contributed by atoms with Crippen LogP contribution in [0.15, 0.2) is 30.3 Å². The van der Waals surface area contributed by atoms with Gasteiger partial charge in [-0.1, -0.05) is 12.1 Å². The molecule has 130 valence electrons. The van der Waals surface area contributed by atoms with Gasteiger partial charge in [0.2, 0.25) is 5.91 Å². The van der Waals surface area contributed by atoms with E-state index in [1.54, 1.807) is 23.1 Å². The lowest BCUT2D eigenvalue weighted by Gasteiger charge is -2.37. The first kappa shape index (κ1) is 17.1. The van der Waals surface area contributed by atoms with Crippen LogP contribution in [0, 0.1) is 5.82 Å². The van der Waals surface area contributed by atoms with Crippen LogP contribution in [0.4, 0.5) is 4.39 Å². The molecule has 0 aromatic heterocycles. The number of amides is 1. The van der Waals surface area contributed by atoms with Gasteiger partial charge in [0, 0.05) is 38.3 Å². The molecule has 1 aromatic rings. The zero-order valence-corrected chi connectivity index (χ0v) is 14.2. The van der Waals surface area contributed by atoms with Crippen LogP contribution < -0.4 is 0 Å². The molecular formula is C17H21FN2O3S. The third-order valence-electron chi connectivity index (χ3n) is 4.62. The van der Waals surface area contributed by atoms with E-state index in [-0.39, 0.29) is 29.3 Å². The van der Waals surface area contributed by atoms with Crippen LogP contribution >= 0.6 is 0 Å². The first-order chi connectivity index (χ1) is 11.4. The van der Waals surface area contributed by atoms with Crippen molar-refractivity contribution in [2.24, 2.45) is 0 Å². The predicted octanol–water partition coefficient (Wildman–Crippen LogP) is 1.17. The number of carbonyl (C=O) groups is 1. The topological polar surface area (TPSA) is 57.7 Å². The summed E-state index contributed by atoms with van der Waals surface area (Å²) in [5, 5.41) is 0. The highest BCUT2D eigenvalue weighted by molar-refractivity contribution is 7.91. The minimum Gasteiger partial charge on any atom is -0.337 e. The highest BCUT2D eigenvalue weighted by Gasteiger charge is 2.34. The highest BCUT2D eigenvalue weighted by Crippen LogP contribution is 2.19. The van der Waals surface area contributed by atoms with Crippen molar-refractivity contribution in [3.05, 3.63) is 41.7 Å². The number of carbonyl (C=O) groups excluding carboxylic acids is 1. The van der Waals surface area contributed by atoms with Gasteiger partial charge in [-0.15, -0.1) is 0 Å². The van der Waals surface area contributed by atoms with E-state index in [1.165, 1.54) is 18.2 Å². The Labute approximate surface area is 141 Å². The molecule has 1 atom stereocenters. The Morgan fingerprint density at radius 3 is 2.58 bits per heavy atom. The molecule has 2 aliphatic heterocycles. The van der Waals surface area contributed by atoms with Crippen molar-refractivity contribution < 1.29 is 17.6 Å². The molecule has 1 aromatic carbocycles. The Morgan fingerprint density at radius 2 is 1.96 bits per heavy atom. The third-order valence-corrected chi connectivity index (χ3v) is 6.37. The van der Waals surface area contributed by atoms with Crippen LogP contribution in [0.5, 0.6) is 0 Å². The molecule has 0 N–H and O–H groups in total. The van der Waals surface area contributed by atoms with E-state index in [1.807, 2.05) is 0 Å². The molecule has 5 nitrogen and oxygen atoms in total. The fourth-order valence-electron chi connectivity index (χ4n) is 3.25. The van der Waals surface area contributed by atoms with Gasteiger partial charge < -0.3 is 4.90 Å². The zero-order chi connectivity index (χ0) is 17.2. The number of nitrogens with zero attached hydrogens (tertiary/aromatic N) is 2. The molecule has 0 radical (unpaired) electrons. The van der Waals surface area contributed by atoms with Gasteiger partial charge in [-0.3, -0.25) is 9.69 Å². The van der Waals surface area contributed by atoms with Gasteiger partial charge in [0.05, 0.1) is 11.5 Å². The van der Waals surface area contributed by atoms with E-state index in [4.69, 9.17) is 0 Å². The summed E-state index contributed by atoms with van der Waals surface area (Å²) in [7, 11) is -2.88. The smallest absolute Gasteiger partial charge is 0.246 e. The molecule has 2 saturated heterocycles. The van der Waals surface area contributed by atoms with Crippen molar-refractivity contribution in [2.75, 3.05) is 37.7 Å². The maximum absolute atomic E-state index is 13.1. The monoisotopic (exact) mass is 352 g/mol. The third kappa shape index (κ3) is 4.21.